The first-order valence-electron chi connectivity index (χ1n) is 14.1. The Morgan fingerprint density at radius 1 is 1.00 bits per heavy atom. The number of ether oxygens (including phenoxy) is 1. The van der Waals surface area contributed by atoms with Crippen molar-refractivity contribution in [2.45, 2.75) is 32.9 Å². The quantitative estimate of drug-likeness (QED) is 0.338. The van der Waals surface area contributed by atoms with Crippen LogP contribution < -0.4 is 10.2 Å². The molecular weight excluding hydrogens is 550 g/mol. The molecule has 0 unspecified atom stereocenters. The van der Waals surface area contributed by atoms with E-state index >= 15 is 0 Å². The van der Waals surface area contributed by atoms with Gasteiger partial charge in [-0.25, -0.2) is 19.5 Å². The maximum Gasteiger partial charge on any atom is 0.417 e. The summed E-state index contributed by atoms with van der Waals surface area (Å²) < 4.78 is 6.67. The number of aromatic nitrogens is 3. The van der Waals surface area contributed by atoms with Crippen LogP contribution in [0.4, 0.5) is 26.8 Å². The van der Waals surface area contributed by atoms with E-state index in [1.165, 1.54) is 12.4 Å². The van der Waals surface area contributed by atoms with Gasteiger partial charge in [-0.1, -0.05) is 6.07 Å². The van der Waals surface area contributed by atoms with Gasteiger partial charge in [-0.3, -0.25) is 14.3 Å². The second kappa shape index (κ2) is 10.7. The highest BCUT2D eigenvalue weighted by Gasteiger charge is 2.39. The number of piperazine rings is 1. The first-order chi connectivity index (χ1) is 20.5. The van der Waals surface area contributed by atoms with Crippen LogP contribution in [0.1, 0.15) is 36.7 Å². The third-order valence-electron chi connectivity index (χ3n) is 7.68. The van der Waals surface area contributed by atoms with E-state index in [-0.39, 0.29) is 6.54 Å². The van der Waals surface area contributed by atoms with Gasteiger partial charge in [0.2, 0.25) is 0 Å². The number of nitrogens with zero attached hydrogens (tertiary/aromatic N) is 6. The van der Waals surface area contributed by atoms with Crippen molar-refractivity contribution in [3.8, 4) is 11.1 Å². The molecule has 4 aromatic rings. The van der Waals surface area contributed by atoms with Gasteiger partial charge in [0.15, 0.2) is 0 Å². The molecule has 43 heavy (non-hydrogen) atoms. The van der Waals surface area contributed by atoms with Crippen molar-refractivity contribution in [2.24, 2.45) is 0 Å². The molecule has 0 atom stereocenters. The van der Waals surface area contributed by atoms with Gasteiger partial charge in [0.05, 0.1) is 35.2 Å². The first kappa shape index (κ1) is 28.2. The smallest absolute Gasteiger partial charge is 0.417 e. The third-order valence-corrected chi connectivity index (χ3v) is 7.68. The molecule has 2 amide bonds. The summed E-state index contributed by atoms with van der Waals surface area (Å²) >= 11 is 0. The van der Waals surface area contributed by atoms with Gasteiger partial charge >= 0.3 is 12.2 Å². The number of likely N-dealkylation sites (N-methyl/N-ethyl adjacent to an activating group) is 1. The molecule has 2 aliphatic heterocycles. The molecule has 5 heterocycles. The Balaban J connectivity index is 1.40. The van der Waals surface area contributed by atoms with E-state index in [9.17, 15) is 19.5 Å². The predicted molar refractivity (Wildman–Crippen MR) is 162 cm³/mol. The van der Waals surface area contributed by atoms with Crippen LogP contribution in [0.15, 0.2) is 55.1 Å². The van der Waals surface area contributed by atoms with Gasteiger partial charge in [0, 0.05) is 55.7 Å². The molecule has 1 aromatic carbocycles. The van der Waals surface area contributed by atoms with E-state index in [2.05, 4.69) is 32.1 Å². The molecule has 0 saturated carbocycles. The SMILES string of the molecule is CN1CCN(c2ccc(Nc3ccc(-c4cn(C(=O)O)c5ccncc45)c4c3C(=O)N(C(=O)OC(C)(C)C)C4)nc2)CC1. The average Bonchev–Trinajstić information content (AvgIpc) is 3.52. The summed E-state index contributed by atoms with van der Waals surface area (Å²) in [6.45, 7) is 8.98. The zero-order valence-electron chi connectivity index (χ0n) is 24.5. The number of rotatable bonds is 4. The molecule has 1 fully saturated rings. The number of carbonyl (C=O) groups is 3. The Kier molecular flexibility index (Phi) is 7.01. The molecule has 222 valence electrons. The third kappa shape index (κ3) is 5.37. The number of hydrogen-bond acceptors (Lipinski definition) is 9. The largest absolute Gasteiger partial charge is 0.464 e. The predicted octanol–water partition coefficient (Wildman–Crippen LogP) is 5.01. The van der Waals surface area contributed by atoms with E-state index in [0.29, 0.717) is 44.7 Å². The lowest BCUT2D eigenvalue weighted by Gasteiger charge is -2.33. The highest BCUT2D eigenvalue weighted by molar-refractivity contribution is 6.13. The van der Waals surface area contributed by atoms with Gasteiger partial charge < -0.3 is 25.0 Å². The van der Waals surface area contributed by atoms with E-state index in [4.69, 9.17) is 4.74 Å². The van der Waals surface area contributed by atoms with Crippen molar-refractivity contribution in [3.63, 3.8) is 0 Å². The lowest BCUT2D eigenvalue weighted by molar-refractivity contribution is 0.0248. The van der Waals surface area contributed by atoms with Crippen molar-refractivity contribution < 1.29 is 24.2 Å². The van der Waals surface area contributed by atoms with Crippen LogP contribution in [-0.4, -0.2) is 86.4 Å². The highest BCUT2D eigenvalue weighted by Crippen LogP contribution is 2.41. The summed E-state index contributed by atoms with van der Waals surface area (Å²) in [6, 6.07) is 9.06. The fourth-order valence-electron chi connectivity index (χ4n) is 5.54. The molecule has 2 aliphatic rings. The van der Waals surface area contributed by atoms with Crippen LogP contribution in [0.5, 0.6) is 0 Å². The molecule has 6 rings (SSSR count). The van der Waals surface area contributed by atoms with Crippen molar-refractivity contribution in [2.75, 3.05) is 43.4 Å². The second-order valence-electron chi connectivity index (χ2n) is 11.8. The molecule has 0 aliphatic carbocycles. The number of nitrogens with one attached hydrogen (secondary N) is 1. The summed E-state index contributed by atoms with van der Waals surface area (Å²) in [5, 5.41) is 13.7. The number of pyridine rings is 2. The van der Waals surface area contributed by atoms with E-state index < -0.39 is 23.7 Å². The summed E-state index contributed by atoms with van der Waals surface area (Å²) in [6.07, 6.45) is 4.54. The second-order valence-corrected chi connectivity index (χ2v) is 11.8. The van der Waals surface area contributed by atoms with Crippen LogP contribution in [0.25, 0.3) is 22.0 Å². The minimum absolute atomic E-state index is 0.0380. The molecule has 0 bridgehead atoms. The molecule has 3 aromatic heterocycles. The maximum atomic E-state index is 13.8. The Morgan fingerprint density at radius 2 is 1.77 bits per heavy atom. The number of benzene rings is 1. The molecule has 2 N–H and O–H groups in total. The number of fused-ring (bicyclic) bond motifs is 2. The zero-order valence-corrected chi connectivity index (χ0v) is 24.5. The fraction of sp³-hybridized carbons (Fsp3) is 0.323. The fourth-order valence-corrected chi connectivity index (χ4v) is 5.54. The number of anilines is 3. The molecule has 0 radical (unpaired) electrons. The average molecular weight is 584 g/mol. The molecule has 12 heteroatoms. The summed E-state index contributed by atoms with van der Waals surface area (Å²) in [5.74, 6) is 0.0331. The van der Waals surface area contributed by atoms with Crippen LogP contribution in [-0.2, 0) is 11.3 Å². The number of amides is 2. The Bertz CT molecular complexity index is 1730. The standard InChI is InChI=1S/C31H33N7O5/c1-31(2,3)43-30(42)38-18-23-20(22-17-37(29(40)41)25-9-10-32-16-21(22)25)6-7-24(27(23)28(38)39)34-26-8-5-19(15-33-26)36-13-11-35(4)12-14-36/h5-10,15-17H,11-14,18H2,1-4H3,(H,33,34)(H,40,41). The van der Waals surface area contributed by atoms with Gasteiger partial charge in [-0.05, 0) is 63.2 Å². The van der Waals surface area contributed by atoms with Crippen molar-refractivity contribution in [3.05, 3.63) is 66.2 Å². The Morgan fingerprint density at radius 3 is 2.44 bits per heavy atom. The number of imide groups is 1. The maximum absolute atomic E-state index is 13.8. The minimum Gasteiger partial charge on any atom is -0.464 e. The van der Waals surface area contributed by atoms with Crippen LogP contribution >= 0.6 is 0 Å². The summed E-state index contributed by atoms with van der Waals surface area (Å²) in [7, 11) is 2.11. The van der Waals surface area contributed by atoms with Crippen molar-refractivity contribution in [1.82, 2.24) is 24.3 Å². The first-order valence-corrected chi connectivity index (χ1v) is 14.1. The van der Waals surface area contributed by atoms with E-state index in [1.807, 2.05) is 24.4 Å². The van der Waals surface area contributed by atoms with Crippen molar-refractivity contribution in [1.29, 1.82) is 0 Å². The summed E-state index contributed by atoms with van der Waals surface area (Å²) in [5.41, 5.74) is 3.25. The monoisotopic (exact) mass is 583 g/mol. The number of hydrogen-bond donors (Lipinski definition) is 2. The number of carbonyl (C=O) groups excluding carboxylic acids is 2. The molecule has 0 spiro atoms. The Hall–Kier alpha value is -4.97. The zero-order chi connectivity index (χ0) is 30.5. The van der Waals surface area contributed by atoms with Crippen LogP contribution in [0.3, 0.4) is 0 Å². The minimum atomic E-state index is -1.14. The number of carboxylic acid groups (broad SMARTS) is 1. The van der Waals surface area contributed by atoms with E-state index in [1.54, 1.807) is 39.1 Å². The molecule has 1 saturated heterocycles. The van der Waals surface area contributed by atoms with Crippen LogP contribution in [0.2, 0.25) is 0 Å². The van der Waals surface area contributed by atoms with Gasteiger partial charge in [-0.2, -0.15) is 0 Å². The van der Waals surface area contributed by atoms with Crippen molar-refractivity contribution >= 4 is 46.2 Å². The Labute approximate surface area is 248 Å². The van der Waals surface area contributed by atoms with Gasteiger partial charge in [0.1, 0.15) is 11.4 Å². The van der Waals surface area contributed by atoms with Gasteiger partial charge in [0.25, 0.3) is 5.91 Å². The lowest BCUT2D eigenvalue weighted by atomic mass is 9.95. The lowest BCUT2D eigenvalue weighted by Crippen LogP contribution is -2.44. The van der Waals surface area contributed by atoms with E-state index in [0.717, 1.165) is 41.3 Å². The molecule has 12 nitrogen and oxygen atoms in total. The normalized spacial score (nSPS) is 15.6. The topological polar surface area (TPSA) is 133 Å². The van der Waals surface area contributed by atoms with Gasteiger partial charge in [-0.15, -0.1) is 0 Å². The summed E-state index contributed by atoms with van der Waals surface area (Å²) in [4.78, 5) is 53.4. The molecular formula is C31H33N7O5. The highest BCUT2D eigenvalue weighted by atomic mass is 16.6. The van der Waals surface area contributed by atoms with Crippen LogP contribution in [0, 0.1) is 0 Å².